The third kappa shape index (κ3) is 8.51. The largest absolute Gasteiger partial charge is 0.491 e. The van der Waals surface area contributed by atoms with Crippen LogP contribution in [0.4, 0.5) is 19.3 Å². The average molecular weight is 491 g/mol. The summed E-state index contributed by atoms with van der Waals surface area (Å²) in [6, 6.07) is 9.09. The Labute approximate surface area is 201 Å². The molecular formula is C25H27F2NO7. The number of ether oxygens (including phenoxy) is 4. The van der Waals surface area contributed by atoms with E-state index in [1.165, 1.54) is 19.3 Å². The molecule has 0 aromatic heterocycles. The first-order chi connectivity index (χ1) is 16.8. The molecule has 0 saturated carbocycles. The topological polar surface area (TPSA) is 103 Å². The van der Waals surface area contributed by atoms with Gasteiger partial charge in [0.15, 0.2) is 6.10 Å². The van der Waals surface area contributed by atoms with Crippen molar-refractivity contribution in [2.24, 2.45) is 0 Å². The van der Waals surface area contributed by atoms with E-state index in [1.807, 2.05) is 0 Å². The van der Waals surface area contributed by atoms with Gasteiger partial charge in [-0.15, -0.1) is 0 Å². The summed E-state index contributed by atoms with van der Waals surface area (Å²) in [6.45, 7) is 5.02. The van der Waals surface area contributed by atoms with Gasteiger partial charge in [0.05, 0.1) is 12.3 Å². The highest BCUT2D eigenvalue weighted by Gasteiger charge is 2.29. The molecule has 8 nitrogen and oxygen atoms in total. The van der Waals surface area contributed by atoms with Gasteiger partial charge in [0.25, 0.3) is 0 Å². The molecule has 2 aromatic rings. The van der Waals surface area contributed by atoms with Crippen molar-refractivity contribution < 1.29 is 42.4 Å². The van der Waals surface area contributed by atoms with Gasteiger partial charge in [-0.3, -0.25) is 5.32 Å². The Balaban J connectivity index is 2.33. The van der Waals surface area contributed by atoms with E-state index in [1.54, 1.807) is 31.2 Å². The van der Waals surface area contributed by atoms with Gasteiger partial charge >= 0.3 is 12.1 Å². The van der Waals surface area contributed by atoms with Gasteiger partial charge in [0.2, 0.25) is 0 Å². The number of nitrogens with one attached hydrogen (secondary N) is 1. The minimum atomic E-state index is -1.08. The number of halogens is 2. The standard InChI is InChI=1S/C25H27F2NO7/c1-4-12-34-22(30)14-16(2)23(32-3)24(17-5-8-19(9-6-17)33-13-11-29)35-25(31)28-21-10-7-18(26)15-20(21)27/h4-10,14-15,23-24,29H,1,11-13H2,2-3H3,(H,28,31)/b16-14+/t23-,24-/m0/s1. The van der Waals surface area contributed by atoms with E-state index in [-0.39, 0.29) is 25.5 Å². The third-order valence-corrected chi connectivity index (χ3v) is 4.64. The van der Waals surface area contributed by atoms with Crippen LogP contribution in [0.5, 0.6) is 5.75 Å². The third-order valence-electron chi connectivity index (χ3n) is 4.64. The molecule has 2 atom stereocenters. The van der Waals surface area contributed by atoms with E-state index in [2.05, 4.69) is 11.9 Å². The fourth-order valence-corrected chi connectivity index (χ4v) is 3.07. The maximum absolute atomic E-state index is 14.0. The Morgan fingerprint density at radius 1 is 1.17 bits per heavy atom. The molecule has 2 N–H and O–H groups in total. The molecule has 188 valence electrons. The fourth-order valence-electron chi connectivity index (χ4n) is 3.07. The number of carbonyl (C=O) groups excluding carboxylic acids is 2. The number of hydrogen-bond donors (Lipinski definition) is 2. The predicted molar refractivity (Wildman–Crippen MR) is 124 cm³/mol. The lowest BCUT2D eigenvalue weighted by Crippen LogP contribution is -2.29. The number of hydrogen-bond acceptors (Lipinski definition) is 7. The van der Waals surface area contributed by atoms with Crippen LogP contribution in [0.25, 0.3) is 0 Å². The van der Waals surface area contributed by atoms with Gasteiger partial charge in [-0.25, -0.2) is 18.4 Å². The summed E-state index contributed by atoms with van der Waals surface area (Å²) in [5.41, 5.74) is 0.570. The van der Waals surface area contributed by atoms with Crippen LogP contribution in [-0.4, -0.2) is 50.2 Å². The van der Waals surface area contributed by atoms with Crippen LogP contribution in [-0.2, 0) is 19.0 Å². The normalized spacial score (nSPS) is 12.9. The number of aliphatic hydroxyl groups excluding tert-OH is 1. The quantitative estimate of drug-likeness (QED) is 0.259. The molecule has 1 amide bonds. The molecule has 0 aliphatic carbocycles. The number of rotatable bonds is 12. The first-order valence-corrected chi connectivity index (χ1v) is 10.5. The number of aliphatic hydroxyl groups is 1. The summed E-state index contributed by atoms with van der Waals surface area (Å²) in [5, 5.41) is 11.1. The summed E-state index contributed by atoms with van der Waals surface area (Å²) < 4.78 is 48.5. The van der Waals surface area contributed by atoms with Crippen LogP contribution in [0.15, 0.2) is 66.8 Å². The SMILES string of the molecule is C=CCOC(=O)/C=C(\C)[C@H](OC)[C@@H](OC(=O)Nc1ccc(F)cc1F)c1ccc(OCCO)cc1. The summed E-state index contributed by atoms with van der Waals surface area (Å²) in [5.74, 6) is -1.96. The van der Waals surface area contributed by atoms with Crippen LogP contribution >= 0.6 is 0 Å². The molecule has 0 spiro atoms. The van der Waals surface area contributed by atoms with Crippen molar-refractivity contribution in [1.82, 2.24) is 0 Å². The highest BCUT2D eigenvalue weighted by atomic mass is 19.1. The highest BCUT2D eigenvalue weighted by molar-refractivity contribution is 5.85. The second-order valence-corrected chi connectivity index (χ2v) is 7.18. The summed E-state index contributed by atoms with van der Waals surface area (Å²) in [6.07, 6.45) is -0.437. The van der Waals surface area contributed by atoms with Crippen LogP contribution in [0, 0.1) is 11.6 Å². The monoisotopic (exact) mass is 491 g/mol. The lowest BCUT2D eigenvalue weighted by molar-refractivity contribution is -0.136. The maximum atomic E-state index is 14.0. The van der Waals surface area contributed by atoms with Gasteiger partial charge < -0.3 is 24.1 Å². The van der Waals surface area contributed by atoms with Crippen molar-refractivity contribution >= 4 is 17.7 Å². The molecule has 0 aliphatic rings. The van der Waals surface area contributed by atoms with Crippen molar-refractivity contribution in [2.75, 3.05) is 32.2 Å². The summed E-state index contributed by atoms with van der Waals surface area (Å²) in [7, 11) is 1.36. The molecule has 0 fully saturated rings. The Morgan fingerprint density at radius 2 is 1.89 bits per heavy atom. The number of carbonyl (C=O) groups is 2. The number of benzene rings is 2. The molecule has 0 unspecified atom stereocenters. The molecule has 2 rings (SSSR count). The fraction of sp³-hybridized carbons (Fsp3) is 0.280. The number of amides is 1. The van der Waals surface area contributed by atoms with Crippen molar-refractivity contribution in [1.29, 1.82) is 0 Å². The van der Waals surface area contributed by atoms with Crippen molar-refractivity contribution in [2.45, 2.75) is 19.1 Å². The molecule has 0 bridgehead atoms. The van der Waals surface area contributed by atoms with E-state index in [4.69, 9.17) is 24.1 Å². The van der Waals surface area contributed by atoms with Crippen molar-refractivity contribution in [3.05, 3.63) is 84.0 Å². The smallest absolute Gasteiger partial charge is 0.412 e. The molecule has 0 aliphatic heterocycles. The van der Waals surface area contributed by atoms with E-state index in [0.717, 1.165) is 12.1 Å². The zero-order chi connectivity index (χ0) is 25.8. The summed E-state index contributed by atoms with van der Waals surface area (Å²) >= 11 is 0. The molecule has 0 saturated heterocycles. The average Bonchev–Trinajstić information content (AvgIpc) is 2.83. The Morgan fingerprint density at radius 3 is 2.49 bits per heavy atom. The van der Waals surface area contributed by atoms with Gasteiger partial charge in [0, 0.05) is 19.3 Å². The Bertz CT molecular complexity index is 1040. The zero-order valence-electron chi connectivity index (χ0n) is 19.3. The number of esters is 1. The van der Waals surface area contributed by atoms with Gasteiger partial charge in [-0.1, -0.05) is 24.8 Å². The molecule has 10 heteroatoms. The van der Waals surface area contributed by atoms with Crippen LogP contribution in [0.1, 0.15) is 18.6 Å². The van der Waals surface area contributed by atoms with Gasteiger partial charge in [-0.2, -0.15) is 0 Å². The van der Waals surface area contributed by atoms with Crippen LogP contribution in [0.3, 0.4) is 0 Å². The predicted octanol–water partition coefficient (Wildman–Crippen LogP) is 4.32. The van der Waals surface area contributed by atoms with Gasteiger partial charge in [-0.05, 0) is 42.3 Å². The van der Waals surface area contributed by atoms with Crippen molar-refractivity contribution in [3.63, 3.8) is 0 Å². The zero-order valence-corrected chi connectivity index (χ0v) is 19.3. The van der Waals surface area contributed by atoms with E-state index >= 15 is 0 Å². The van der Waals surface area contributed by atoms with E-state index < -0.39 is 35.9 Å². The maximum Gasteiger partial charge on any atom is 0.412 e. The second kappa shape index (κ2) is 13.8. The van der Waals surface area contributed by atoms with E-state index in [9.17, 15) is 18.4 Å². The molecule has 0 radical (unpaired) electrons. The molecule has 0 heterocycles. The molecular weight excluding hydrogens is 464 g/mol. The van der Waals surface area contributed by atoms with E-state index in [0.29, 0.717) is 23.0 Å². The molecule has 2 aromatic carbocycles. The Hall–Kier alpha value is -3.76. The minimum Gasteiger partial charge on any atom is -0.491 e. The second-order valence-electron chi connectivity index (χ2n) is 7.18. The van der Waals surface area contributed by atoms with Crippen LogP contribution < -0.4 is 10.1 Å². The lowest BCUT2D eigenvalue weighted by Gasteiger charge is -2.27. The number of methoxy groups -OCH3 is 1. The van der Waals surface area contributed by atoms with Crippen LogP contribution in [0.2, 0.25) is 0 Å². The highest BCUT2D eigenvalue weighted by Crippen LogP contribution is 2.30. The first-order valence-electron chi connectivity index (χ1n) is 10.5. The minimum absolute atomic E-state index is 0.0150. The van der Waals surface area contributed by atoms with Crippen molar-refractivity contribution in [3.8, 4) is 5.75 Å². The Kier molecular flexibility index (Phi) is 10.9. The number of anilines is 1. The molecule has 35 heavy (non-hydrogen) atoms. The lowest BCUT2D eigenvalue weighted by atomic mass is 9.98. The summed E-state index contributed by atoms with van der Waals surface area (Å²) in [4.78, 5) is 24.7. The van der Waals surface area contributed by atoms with Gasteiger partial charge in [0.1, 0.15) is 36.7 Å². The first kappa shape index (κ1) is 27.5.